The molecule has 19 heavy (non-hydrogen) atoms. The molecule has 0 unspecified atom stereocenters. The third-order valence-electron chi connectivity index (χ3n) is 3.08. The van der Waals surface area contributed by atoms with Crippen molar-refractivity contribution in [1.29, 1.82) is 0 Å². The van der Waals surface area contributed by atoms with Gasteiger partial charge in [-0.2, -0.15) is 0 Å². The van der Waals surface area contributed by atoms with Crippen LogP contribution in [0, 0.1) is 0 Å². The lowest BCUT2D eigenvalue weighted by Gasteiger charge is -2.18. The minimum atomic E-state index is 0.0494. The molecule has 0 heterocycles. The minimum Gasteiger partial charge on any atom is -0.383 e. The molecule has 1 rings (SSSR count). The number of amides is 1. The molecule has 106 valence electrons. The Morgan fingerprint density at radius 3 is 2.47 bits per heavy atom. The fourth-order valence-corrected chi connectivity index (χ4v) is 1.71. The summed E-state index contributed by atoms with van der Waals surface area (Å²) < 4.78 is 4.92. The Labute approximate surface area is 115 Å². The van der Waals surface area contributed by atoms with E-state index in [0.717, 1.165) is 5.69 Å². The van der Waals surface area contributed by atoms with Crippen LogP contribution in [0.25, 0.3) is 0 Å². The second-order valence-corrected chi connectivity index (χ2v) is 4.87. The van der Waals surface area contributed by atoms with Crippen molar-refractivity contribution in [2.75, 3.05) is 38.8 Å². The van der Waals surface area contributed by atoms with Gasteiger partial charge in [-0.1, -0.05) is 26.0 Å². The predicted octanol–water partition coefficient (Wildman–Crippen LogP) is 2.01. The fraction of sp³-hybridized carbons (Fsp3) is 0.533. The molecule has 0 spiro atoms. The SMILES string of the molecule is COCCNCC(=O)N(C)c1ccc(C(C)C)cc1. The van der Waals surface area contributed by atoms with Crippen LogP contribution in [-0.4, -0.2) is 39.8 Å². The molecule has 4 nitrogen and oxygen atoms in total. The monoisotopic (exact) mass is 264 g/mol. The van der Waals surface area contributed by atoms with Gasteiger partial charge < -0.3 is 15.0 Å². The van der Waals surface area contributed by atoms with E-state index in [1.165, 1.54) is 5.56 Å². The number of likely N-dealkylation sites (N-methyl/N-ethyl adjacent to an activating group) is 1. The number of methoxy groups -OCH3 is 1. The van der Waals surface area contributed by atoms with Gasteiger partial charge in [0.1, 0.15) is 0 Å². The average Bonchev–Trinajstić information content (AvgIpc) is 2.42. The number of hydrogen-bond donors (Lipinski definition) is 1. The summed E-state index contributed by atoms with van der Waals surface area (Å²) in [5.41, 5.74) is 2.20. The van der Waals surface area contributed by atoms with Crippen molar-refractivity contribution < 1.29 is 9.53 Å². The molecule has 0 fully saturated rings. The Bertz CT molecular complexity index is 388. The topological polar surface area (TPSA) is 41.6 Å². The van der Waals surface area contributed by atoms with Crippen LogP contribution in [-0.2, 0) is 9.53 Å². The zero-order valence-electron chi connectivity index (χ0n) is 12.3. The second-order valence-electron chi connectivity index (χ2n) is 4.87. The van der Waals surface area contributed by atoms with Gasteiger partial charge >= 0.3 is 0 Å². The molecule has 0 saturated heterocycles. The largest absolute Gasteiger partial charge is 0.383 e. The highest BCUT2D eigenvalue weighted by atomic mass is 16.5. The van der Waals surface area contributed by atoms with Crippen LogP contribution in [0.4, 0.5) is 5.69 Å². The van der Waals surface area contributed by atoms with Crippen LogP contribution < -0.4 is 10.2 Å². The van der Waals surface area contributed by atoms with Gasteiger partial charge in [0.25, 0.3) is 0 Å². The number of nitrogens with one attached hydrogen (secondary N) is 1. The number of nitrogens with zero attached hydrogens (tertiary/aromatic N) is 1. The van der Waals surface area contributed by atoms with E-state index in [9.17, 15) is 4.79 Å². The number of rotatable bonds is 7. The van der Waals surface area contributed by atoms with E-state index >= 15 is 0 Å². The standard InChI is InChI=1S/C15H24N2O2/c1-12(2)13-5-7-14(8-6-13)17(3)15(18)11-16-9-10-19-4/h5-8,12,16H,9-11H2,1-4H3. The molecule has 1 aromatic carbocycles. The van der Waals surface area contributed by atoms with Gasteiger partial charge in [0.15, 0.2) is 0 Å². The van der Waals surface area contributed by atoms with Crippen molar-refractivity contribution in [1.82, 2.24) is 5.32 Å². The lowest BCUT2D eigenvalue weighted by atomic mass is 10.0. The van der Waals surface area contributed by atoms with Crippen molar-refractivity contribution in [3.63, 3.8) is 0 Å². The van der Waals surface area contributed by atoms with Crippen LogP contribution in [0.15, 0.2) is 24.3 Å². The Morgan fingerprint density at radius 2 is 1.95 bits per heavy atom. The molecule has 0 aliphatic carbocycles. The normalized spacial score (nSPS) is 10.8. The Kier molecular flexibility index (Phi) is 6.53. The highest BCUT2D eigenvalue weighted by Gasteiger charge is 2.10. The summed E-state index contributed by atoms with van der Waals surface area (Å²) in [5, 5.41) is 3.05. The Morgan fingerprint density at radius 1 is 1.32 bits per heavy atom. The van der Waals surface area contributed by atoms with E-state index in [1.54, 1.807) is 19.1 Å². The summed E-state index contributed by atoms with van der Waals surface area (Å²) in [6, 6.07) is 8.12. The molecule has 0 saturated carbocycles. The summed E-state index contributed by atoms with van der Waals surface area (Å²) >= 11 is 0. The van der Waals surface area contributed by atoms with Crippen molar-refractivity contribution in [3.8, 4) is 0 Å². The number of anilines is 1. The summed E-state index contributed by atoms with van der Waals surface area (Å²) in [6.45, 7) is 5.93. The first-order valence-electron chi connectivity index (χ1n) is 6.62. The van der Waals surface area contributed by atoms with E-state index in [2.05, 4.69) is 31.3 Å². The maximum Gasteiger partial charge on any atom is 0.240 e. The quantitative estimate of drug-likeness (QED) is 0.766. The number of hydrogen-bond acceptors (Lipinski definition) is 3. The molecular formula is C15H24N2O2. The molecule has 0 aromatic heterocycles. The lowest BCUT2D eigenvalue weighted by molar-refractivity contribution is -0.117. The van der Waals surface area contributed by atoms with Crippen LogP contribution in [0.3, 0.4) is 0 Å². The van der Waals surface area contributed by atoms with Gasteiger partial charge in [-0.05, 0) is 23.6 Å². The van der Waals surface area contributed by atoms with Crippen molar-refractivity contribution in [2.24, 2.45) is 0 Å². The van der Waals surface area contributed by atoms with E-state index in [1.807, 2.05) is 12.1 Å². The molecule has 0 aliphatic rings. The molecular weight excluding hydrogens is 240 g/mol. The molecule has 1 amide bonds. The molecule has 4 heteroatoms. The van der Waals surface area contributed by atoms with E-state index in [-0.39, 0.29) is 5.91 Å². The number of carbonyl (C=O) groups excluding carboxylic acids is 1. The first kappa shape index (κ1) is 15.7. The molecule has 0 radical (unpaired) electrons. The zero-order valence-corrected chi connectivity index (χ0v) is 12.3. The molecule has 0 aliphatic heterocycles. The van der Waals surface area contributed by atoms with Crippen LogP contribution in [0.1, 0.15) is 25.3 Å². The van der Waals surface area contributed by atoms with E-state index < -0.39 is 0 Å². The summed E-state index contributed by atoms with van der Waals surface area (Å²) in [6.07, 6.45) is 0. The van der Waals surface area contributed by atoms with Gasteiger partial charge in [-0.15, -0.1) is 0 Å². The Hall–Kier alpha value is -1.39. The van der Waals surface area contributed by atoms with Gasteiger partial charge in [0.05, 0.1) is 13.2 Å². The average molecular weight is 264 g/mol. The van der Waals surface area contributed by atoms with Gasteiger partial charge in [0, 0.05) is 26.4 Å². The third-order valence-corrected chi connectivity index (χ3v) is 3.08. The Balaban J connectivity index is 2.51. The van der Waals surface area contributed by atoms with Gasteiger partial charge in [-0.3, -0.25) is 4.79 Å². The van der Waals surface area contributed by atoms with E-state index in [4.69, 9.17) is 4.74 Å². The summed E-state index contributed by atoms with van der Waals surface area (Å²) in [4.78, 5) is 13.6. The molecule has 0 bridgehead atoms. The zero-order chi connectivity index (χ0) is 14.3. The van der Waals surface area contributed by atoms with E-state index in [0.29, 0.717) is 25.6 Å². The minimum absolute atomic E-state index is 0.0494. The lowest BCUT2D eigenvalue weighted by Crippen LogP contribution is -2.36. The fourth-order valence-electron chi connectivity index (χ4n) is 1.71. The first-order chi connectivity index (χ1) is 9.06. The second kappa shape index (κ2) is 7.92. The van der Waals surface area contributed by atoms with Crippen molar-refractivity contribution in [3.05, 3.63) is 29.8 Å². The number of benzene rings is 1. The summed E-state index contributed by atoms with van der Waals surface area (Å²) in [7, 11) is 3.44. The van der Waals surface area contributed by atoms with Gasteiger partial charge in [0.2, 0.25) is 5.91 Å². The van der Waals surface area contributed by atoms with Crippen molar-refractivity contribution in [2.45, 2.75) is 19.8 Å². The highest BCUT2D eigenvalue weighted by Crippen LogP contribution is 2.19. The summed E-state index contributed by atoms with van der Waals surface area (Å²) in [5.74, 6) is 0.555. The van der Waals surface area contributed by atoms with Crippen molar-refractivity contribution >= 4 is 11.6 Å². The molecule has 1 N–H and O–H groups in total. The smallest absolute Gasteiger partial charge is 0.240 e. The van der Waals surface area contributed by atoms with Crippen LogP contribution in [0.5, 0.6) is 0 Å². The maximum absolute atomic E-state index is 11.9. The third kappa shape index (κ3) is 5.01. The number of carbonyl (C=O) groups is 1. The maximum atomic E-state index is 11.9. The molecule has 1 aromatic rings. The van der Waals surface area contributed by atoms with Crippen LogP contribution in [0.2, 0.25) is 0 Å². The molecule has 0 atom stereocenters. The number of ether oxygens (including phenoxy) is 1. The predicted molar refractivity (Wildman–Crippen MR) is 78.7 cm³/mol. The highest BCUT2D eigenvalue weighted by molar-refractivity contribution is 5.94. The first-order valence-corrected chi connectivity index (χ1v) is 6.62. The van der Waals surface area contributed by atoms with Gasteiger partial charge in [-0.25, -0.2) is 0 Å². The van der Waals surface area contributed by atoms with Crippen LogP contribution >= 0.6 is 0 Å².